The third-order valence-electron chi connectivity index (χ3n) is 2.57. The van der Waals surface area contributed by atoms with Crippen molar-refractivity contribution in [2.75, 3.05) is 6.54 Å². The highest BCUT2D eigenvalue weighted by molar-refractivity contribution is 5.82. The zero-order chi connectivity index (χ0) is 14.6. The van der Waals surface area contributed by atoms with E-state index in [0.29, 0.717) is 0 Å². The normalized spacial score (nSPS) is 20.1. The summed E-state index contributed by atoms with van der Waals surface area (Å²) in [7, 11) is 0. The fourth-order valence-corrected chi connectivity index (χ4v) is 1.67. The second-order valence-corrected chi connectivity index (χ2v) is 5.46. The second-order valence-electron chi connectivity index (χ2n) is 5.46. The summed E-state index contributed by atoms with van der Waals surface area (Å²) in [6, 6.07) is 0. The van der Waals surface area contributed by atoms with E-state index >= 15 is 0 Å². The van der Waals surface area contributed by atoms with E-state index in [0.717, 1.165) is 0 Å². The Hall–Kier alpha value is -1.59. The maximum Gasteiger partial charge on any atom is 0.413 e. The molecule has 0 aromatic heterocycles. The van der Waals surface area contributed by atoms with E-state index in [1.807, 2.05) is 0 Å². The van der Waals surface area contributed by atoms with Crippen molar-refractivity contribution in [3.05, 3.63) is 0 Å². The Kier molecular flexibility index (Phi) is 4.91. The van der Waals surface area contributed by atoms with Crippen LogP contribution in [0.2, 0.25) is 0 Å². The molecule has 0 spiro atoms. The van der Waals surface area contributed by atoms with Gasteiger partial charge in [-0.1, -0.05) is 6.92 Å². The number of ether oxygens (including phenoxy) is 2. The topological polar surface area (TPSA) is 72.9 Å². The molecular formula is C13H21NO5. The molecule has 0 aromatic carbocycles. The van der Waals surface area contributed by atoms with Crippen LogP contribution in [0.3, 0.4) is 0 Å². The minimum absolute atomic E-state index is 0.0197. The molecule has 1 unspecified atom stereocenters. The average Bonchev–Trinajstić information content (AvgIpc) is 2.26. The number of piperidine rings is 1. The number of carbonyl (C=O) groups excluding carboxylic acids is 3. The number of rotatable bonds is 2. The molecule has 0 aromatic rings. The summed E-state index contributed by atoms with van der Waals surface area (Å²) in [5, 5.41) is 0. The highest BCUT2D eigenvalue weighted by Crippen LogP contribution is 2.20. The monoisotopic (exact) mass is 271 g/mol. The number of nitrogens with zero attached hydrogens (tertiary/aromatic N) is 1. The van der Waals surface area contributed by atoms with E-state index in [4.69, 9.17) is 9.47 Å². The van der Waals surface area contributed by atoms with Crippen molar-refractivity contribution in [2.45, 2.75) is 58.8 Å². The lowest BCUT2D eigenvalue weighted by molar-refractivity contribution is -0.162. The Labute approximate surface area is 113 Å². The molecule has 1 aliphatic heterocycles. The van der Waals surface area contributed by atoms with Gasteiger partial charge in [-0.15, -0.1) is 0 Å². The Morgan fingerprint density at radius 2 is 2.00 bits per heavy atom. The van der Waals surface area contributed by atoms with E-state index in [2.05, 4.69) is 0 Å². The smallest absolute Gasteiger partial charge is 0.413 e. The van der Waals surface area contributed by atoms with Crippen molar-refractivity contribution in [3.8, 4) is 0 Å². The van der Waals surface area contributed by atoms with Crippen molar-refractivity contribution in [2.24, 2.45) is 0 Å². The standard InChI is InChI=1S/C13H21NO5/c1-5-11(16)18-10-8-9(15)6-7-14(10)12(17)19-13(2,3)4/h10H,5-8H2,1-4H3. The number of hydrogen-bond donors (Lipinski definition) is 0. The molecular weight excluding hydrogens is 250 g/mol. The van der Waals surface area contributed by atoms with Gasteiger partial charge in [0.1, 0.15) is 11.4 Å². The molecule has 0 radical (unpaired) electrons. The minimum atomic E-state index is -0.844. The number of hydrogen-bond acceptors (Lipinski definition) is 5. The molecule has 1 atom stereocenters. The van der Waals surface area contributed by atoms with Crippen LogP contribution >= 0.6 is 0 Å². The number of esters is 1. The summed E-state index contributed by atoms with van der Waals surface area (Å²) >= 11 is 0. The van der Waals surface area contributed by atoms with Gasteiger partial charge in [0.2, 0.25) is 0 Å². The van der Waals surface area contributed by atoms with Crippen LogP contribution in [0, 0.1) is 0 Å². The zero-order valence-electron chi connectivity index (χ0n) is 11.9. The summed E-state index contributed by atoms with van der Waals surface area (Å²) in [6.45, 7) is 7.15. The fourth-order valence-electron chi connectivity index (χ4n) is 1.67. The second kappa shape index (κ2) is 6.04. The summed E-state index contributed by atoms with van der Waals surface area (Å²) in [5.74, 6) is -0.457. The molecule has 1 aliphatic rings. The predicted octanol–water partition coefficient (Wildman–Crippen LogP) is 1.87. The summed E-state index contributed by atoms with van der Waals surface area (Å²) in [6.07, 6.45) is -0.908. The highest BCUT2D eigenvalue weighted by atomic mass is 16.6. The minimum Gasteiger partial charge on any atom is -0.444 e. The average molecular weight is 271 g/mol. The molecule has 0 bridgehead atoms. The van der Waals surface area contributed by atoms with Gasteiger partial charge in [-0.25, -0.2) is 4.79 Å². The van der Waals surface area contributed by atoms with Crippen LogP contribution < -0.4 is 0 Å². The van der Waals surface area contributed by atoms with Gasteiger partial charge in [0.15, 0.2) is 6.23 Å². The molecule has 0 N–H and O–H groups in total. The molecule has 0 saturated carbocycles. The Balaban J connectivity index is 2.74. The molecule has 19 heavy (non-hydrogen) atoms. The molecule has 1 saturated heterocycles. The van der Waals surface area contributed by atoms with Crippen molar-refractivity contribution in [1.29, 1.82) is 0 Å². The number of ketones is 1. The lowest BCUT2D eigenvalue weighted by Gasteiger charge is -2.35. The van der Waals surface area contributed by atoms with Gasteiger partial charge in [-0.2, -0.15) is 0 Å². The molecule has 1 amide bonds. The summed E-state index contributed by atoms with van der Waals surface area (Å²) in [4.78, 5) is 36.1. The largest absolute Gasteiger partial charge is 0.444 e. The molecule has 0 aliphatic carbocycles. The number of Topliss-reactive ketones (excluding diaryl/α,β-unsaturated/α-hetero) is 1. The first-order valence-electron chi connectivity index (χ1n) is 6.43. The number of carbonyl (C=O) groups is 3. The zero-order valence-corrected chi connectivity index (χ0v) is 11.9. The first-order chi connectivity index (χ1) is 8.73. The van der Waals surface area contributed by atoms with Gasteiger partial charge < -0.3 is 9.47 Å². The maximum absolute atomic E-state index is 12.0. The number of amides is 1. The highest BCUT2D eigenvalue weighted by Gasteiger charge is 2.35. The fraction of sp³-hybridized carbons (Fsp3) is 0.769. The Morgan fingerprint density at radius 1 is 1.37 bits per heavy atom. The van der Waals surface area contributed by atoms with Gasteiger partial charge in [-0.05, 0) is 20.8 Å². The van der Waals surface area contributed by atoms with Crippen LogP contribution in [0.1, 0.15) is 47.0 Å². The van der Waals surface area contributed by atoms with Crippen molar-refractivity contribution in [3.63, 3.8) is 0 Å². The molecule has 6 nitrogen and oxygen atoms in total. The predicted molar refractivity (Wildman–Crippen MR) is 67.4 cm³/mol. The number of likely N-dealkylation sites (tertiary alicyclic amines) is 1. The lowest BCUT2D eigenvalue weighted by atomic mass is 10.1. The Bertz CT molecular complexity index is 372. The first kappa shape index (κ1) is 15.5. The van der Waals surface area contributed by atoms with Gasteiger partial charge in [0, 0.05) is 19.4 Å². The van der Waals surface area contributed by atoms with Gasteiger partial charge in [0.05, 0.1) is 6.42 Å². The maximum atomic E-state index is 12.0. The quantitative estimate of drug-likeness (QED) is 0.717. The van der Waals surface area contributed by atoms with Crippen molar-refractivity contribution in [1.82, 2.24) is 4.90 Å². The SMILES string of the molecule is CCC(=O)OC1CC(=O)CCN1C(=O)OC(C)(C)C. The van der Waals surface area contributed by atoms with Gasteiger partial charge in [-0.3, -0.25) is 14.5 Å². The Morgan fingerprint density at radius 3 is 2.53 bits per heavy atom. The van der Waals surface area contributed by atoms with Gasteiger partial charge in [0.25, 0.3) is 0 Å². The van der Waals surface area contributed by atoms with Crippen molar-refractivity contribution < 1.29 is 23.9 Å². The van der Waals surface area contributed by atoms with E-state index in [1.165, 1.54) is 4.90 Å². The van der Waals surface area contributed by atoms with Crippen LogP contribution in [0.5, 0.6) is 0 Å². The molecule has 6 heteroatoms. The third-order valence-corrected chi connectivity index (χ3v) is 2.57. The lowest BCUT2D eigenvalue weighted by Crippen LogP contribution is -2.50. The van der Waals surface area contributed by atoms with Crippen LogP contribution in [0.4, 0.5) is 4.79 Å². The molecule has 108 valence electrons. The van der Waals surface area contributed by atoms with Crippen LogP contribution in [0.15, 0.2) is 0 Å². The van der Waals surface area contributed by atoms with Crippen molar-refractivity contribution >= 4 is 17.8 Å². The molecule has 1 rings (SSSR count). The molecule has 1 fully saturated rings. The first-order valence-corrected chi connectivity index (χ1v) is 6.43. The van der Waals surface area contributed by atoms with E-state index in [-0.39, 0.29) is 31.6 Å². The van der Waals surface area contributed by atoms with E-state index in [1.54, 1.807) is 27.7 Å². The van der Waals surface area contributed by atoms with E-state index < -0.39 is 23.9 Å². The van der Waals surface area contributed by atoms with E-state index in [9.17, 15) is 14.4 Å². The van der Waals surface area contributed by atoms with Gasteiger partial charge >= 0.3 is 12.1 Å². The molecule has 1 heterocycles. The summed E-state index contributed by atoms with van der Waals surface area (Å²) < 4.78 is 10.4. The third kappa shape index (κ3) is 4.89. The summed E-state index contributed by atoms with van der Waals surface area (Å²) in [5.41, 5.74) is -0.627. The van der Waals surface area contributed by atoms with Crippen LogP contribution in [-0.4, -0.2) is 41.1 Å². The van der Waals surface area contributed by atoms with Crippen LogP contribution in [0.25, 0.3) is 0 Å². The van der Waals surface area contributed by atoms with Crippen LogP contribution in [-0.2, 0) is 19.1 Å².